The number of rotatable bonds is 11. The van der Waals surface area contributed by atoms with E-state index in [1.165, 1.54) is 76.6 Å². The van der Waals surface area contributed by atoms with Crippen molar-refractivity contribution in [3.05, 3.63) is 247 Å². The molecule has 0 heterocycles. The van der Waals surface area contributed by atoms with Crippen LogP contribution in [0.4, 0.5) is 51.2 Å². The lowest BCUT2D eigenvalue weighted by Gasteiger charge is -2.33. The number of para-hydroxylation sites is 4. The van der Waals surface area contributed by atoms with E-state index in [4.69, 9.17) is 0 Å². The van der Waals surface area contributed by atoms with Crippen molar-refractivity contribution in [2.24, 2.45) is 0 Å². The summed E-state index contributed by atoms with van der Waals surface area (Å²) in [4.78, 5) is 7.23. The van der Waals surface area contributed by atoms with E-state index in [1.54, 1.807) is 0 Å². The average molecular weight is 868 g/mol. The molecule has 0 spiro atoms. The highest BCUT2D eigenvalue weighted by Crippen LogP contribution is 2.53. The molecule has 0 aliphatic heterocycles. The fraction of sp³-hybridized carbons (Fsp3) is 0.156. The third-order valence-corrected chi connectivity index (χ3v) is 14.3. The summed E-state index contributed by atoms with van der Waals surface area (Å²) in [5.41, 5.74) is 20.2. The van der Waals surface area contributed by atoms with Gasteiger partial charge < -0.3 is 14.7 Å². The first kappa shape index (κ1) is 42.0. The Bertz CT molecular complexity index is 2940. The normalized spacial score (nSPS) is 14.0. The summed E-state index contributed by atoms with van der Waals surface area (Å²) < 4.78 is 0. The summed E-state index contributed by atoms with van der Waals surface area (Å²) in [5, 5.41) is 0. The Balaban J connectivity index is 1.12. The Hall–Kier alpha value is -7.62. The molecule has 0 unspecified atom stereocenters. The van der Waals surface area contributed by atoms with Crippen LogP contribution in [0, 0.1) is 6.92 Å². The second-order valence-electron chi connectivity index (χ2n) is 18.9. The van der Waals surface area contributed by atoms with Crippen LogP contribution >= 0.6 is 0 Å². The van der Waals surface area contributed by atoms with Gasteiger partial charge in [-0.05, 0) is 161 Å². The van der Waals surface area contributed by atoms with Crippen molar-refractivity contribution in [2.45, 2.75) is 64.2 Å². The monoisotopic (exact) mass is 867 g/mol. The standard InChI is InChI=1S/C64H57N3/c1-46-20-19-31-61-63(46)60-41-40-56(45-62(60)64(61,2)3)67(55-38-36-50(37-39-55)49-34-32-48(33-35-49)47-21-9-4-10-22-47)59-43-57(65(51-23-11-5-12-24-51)52-25-13-6-14-26-52)42-58(44-59)66(53-27-15-7-16-28-53)54-29-17-8-18-30-54/h5-8,11-20,23-45,47H,4,9-10,21-22H2,1-3H3. The van der Waals surface area contributed by atoms with Gasteiger partial charge in [0.1, 0.15) is 0 Å². The lowest BCUT2D eigenvalue weighted by molar-refractivity contribution is 0.443. The van der Waals surface area contributed by atoms with Crippen molar-refractivity contribution in [3.63, 3.8) is 0 Å². The van der Waals surface area contributed by atoms with Crippen molar-refractivity contribution < 1.29 is 0 Å². The summed E-state index contributed by atoms with van der Waals surface area (Å²) in [6, 6.07) is 82.6. The van der Waals surface area contributed by atoms with E-state index in [1.807, 2.05) is 0 Å². The molecular formula is C64H57N3. The van der Waals surface area contributed by atoms with E-state index >= 15 is 0 Å². The highest BCUT2D eigenvalue weighted by molar-refractivity contribution is 5.91. The zero-order valence-corrected chi connectivity index (χ0v) is 38.8. The van der Waals surface area contributed by atoms with E-state index < -0.39 is 0 Å². The number of benzene rings is 9. The third kappa shape index (κ3) is 8.10. The predicted molar refractivity (Wildman–Crippen MR) is 284 cm³/mol. The van der Waals surface area contributed by atoms with Crippen LogP contribution < -0.4 is 14.7 Å². The number of hydrogen-bond donors (Lipinski definition) is 0. The fourth-order valence-electron chi connectivity index (χ4n) is 10.9. The summed E-state index contributed by atoms with van der Waals surface area (Å²) in [7, 11) is 0. The molecule has 11 rings (SSSR count). The lowest BCUT2D eigenvalue weighted by Crippen LogP contribution is -2.18. The van der Waals surface area contributed by atoms with Crippen molar-refractivity contribution in [1.29, 1.82) is 0 Å². The van der Waals surface area contributed by atoms with Crippen LogP contribution in [0.1, 0.15) is 74.1 Å². The summed E-state index contributed by atoms with van der Waals surface area (Å²) >= 11 is 0. The Labute approximate surface area is 397 Å². The maximum absolute atomic E-state index is 2.47. The molecule has 9 aromatic carbocycles. The summed E-state index contributed by atoms with van der Waals surface area (Å²) in [6.07, 6.45) is 6.67. The first-order valence-electron chi connectivity index (χ1n) is 24.1. The van der Waals surface area contributed by atoms with Crippen molar-refractivity contribution in [2.75, 3.05) is 14.7 Å². The van der Waals surface area contributed by atoms with E-state index in [0.717, 1.165) is 51.2 Å². The molecule has 0 bridgehead atoms. The number of nitrogens with zero attached hydrogens (tertiary/aromatic N) is 3. The Morgan fingerprint density at radius 2 is 0.776 bits per heavy atom. The maximum atomic E-state index is 2.47. The molecule has 2 aliphatic carbocycles. The van der Waals surface area contributed by atoms with Crippen LogP contribution in [-0.2, 0) is 5.41 Å². The Kier molecular flexibility index (Phi) is 11.3. The van der Waals surface area contributed by atoms with Crippen molar-refractivity contribution >= 4 is 51.2 Å². The van der Waals surface area contributed by atoms with Crippen molar-refractivity contribution in [3.8, 4) is 22.3 Å². The van der Waals surface area contributed by atoms with Crippen LogP contribution in [0.2, 0.25) is 0 Å². The number of aryl methyl sites for hydroxylation is 1. The first-order valence-corrected chi connectivity index (χ1v) is 24.1. The smallest absolute Gasteiger partial charge is 0.0503 e. The minimum Gasteiger partial charge on any atom is -0.310 e. The van der Waals surface area contributed by atoms with Gasteiger partial charge >= 0.3 is 0 Å². The molecule has 0 saturated heterocycles. The van der Waals surface area contributed by atoms with E-state index in [2.05, 4.69) is 260 Å². The quantitative estimate of drug-likeness (QED) is 0.128. The molecule has 0 N–H and O–H groups in total. The average Bonchev–Trinajstić information content (AvgIpc) is 3.62. The summed E-state index contributed by atoms with van der Waals surface area (Å²) in [5.74, 6) is 0.688. The zero-order chi connectivity index (χ0) is 45.3. The molecule has 9 aromatic rings. The molecule has 0 atom stereocenters. The molecule has 0 aromatic heterocycles. The molecule has 3 nitrogen and oxygen atoms in total. The lowest BCUT2D eigenvalue weighted by atomic mass is 9.82. The van der Waals surface area contributed by atoms with Gasteiger partial charge in [-0.25, -0.2) is 0 Å². The van der Waals surface area contributed by atoms with Gasteiger partial charge in [0.25, 0.3) is 0 Å². The van der Waals surface area contributed by atoms with Gasteiger partial charge in [-0.3, -0.25) is 0 Å². The molecule has 67 heavy (non-hydrogen) atoms. The van der Waals surface area contributed by atoms with Gasteiger partial charge in [-0.2, -0.15) is 0 Å². The zero-order valence-electron chi connectivity index (χ0n) is 38.8. The van der Waals surface area contributed by atoms with Crippen LogP contribution in [0.25, 0.3) is 22.3 Å². The molecule has 3 heteroatoms. The van der Waals surface area contributed by atoms with Crippen LogP contribution in [0.5, 0.6) is 0 Å². The fourth-order valence-corrected chi connectivity index (χ4v) is 10.9. The van der Waals surface area contributed by atoms with Crippen LogP contribution in [0.15, 0.2) is 224 Å². The van der Waals surface area contributed by atoms with Crippen molar-refractivity contribution in [1.82, 2.24) is 0 Å². The molecule has 2 aliphatic rings. The maximum Gasteiger partial charge on any atom is 0.0503 e. The largest absolute Gasteiger partial charge is 0.310 e. The van der Waals surface area contributed by atoms with E-state index in [-0.39, 0.29) is 5.41 Å². The van der Waals surface area contributed by atoms with Gasteiger partial charge in [0, 0.05) is 39.5 Å². The minimum atomic E-state index is -0.173. The van der Waals surface area contributed by atoms with Crippen LogP contribution in [-0.4, -0.2) is 0 Å². The highest BCUT2D eigenvalue weighted by Gasteiger charge is 2.37. The van der Waals surface area contributed by atoms with Gasteiger partial charge in [0.2, 0.25) is 0 Å². The summed E-state index contributed by atoms with van der Waals surface area (Å²) in [6.45, 7) is 7.01. The molecule has 0 radical (unpaired) electrons. The van der Waals surface area contributed by atoms with Gasteiger partial charge in [-0.15, -0.1) is 0 Å². The minimum absolute atomic E-state index is 0.173. The second-order valence-corrected chi connectivity index (χ2v) is 18.9. The topological polar surface area (TPSA) is 9.72 Å². The SMILES string of the molecule is Cc1cccc2c1-c1ccc(N(c3ccc(-c4ccc(C5CCCCC5)cc4)cc3)c3cc(N(c4ccccc4)c4ccccc4)cc(N(c4ccccc4)c4ccccc4)c3)cc1C2(C)C. The third-order valence-electron chi connectivity index (χ3n) is 14.3. The number of fused-ring (bicyclic) bond motifs is 3. The highest BCUT2D eigenvalue weighted by atomic mass is 15.2. The molecular weight excluding hydrogens is 811 g/mol. The van der Waals surface area contributed by atoms with E-state index in [9.17, 15) is 0 Å². The van der Waals surface area contributed by atoms with E-state index in [0.29, 0.717) is 5.92 Å². The van der Waals surface area contributed by atoms with Gasteiger partial charge in [0.15, 0.2) is 0 Å². The number of hydrogen-bond acceptors (Lipinski definition) is 3. The molecule has 1 fully saturated rings. The first-order chi connectivity index (χ1) is 32.9. The number of anilines is 9. The predicted octanol–water partition coefficient (Wildman–Crippen LogP) is 18.4. The van der Waals surface area contributed by atoms with Gasteiger partial charge in [-0.1, -0.05) is 167 Å². The second kappa shape index (κ2) is 18.0. The molecule has 328 valence electrons. The van der Waals surface area contributed by atoms with Gasteiger partial charge in [0.05, 0.1) is 17.1 Å². The molecule has 0 amide bonds. The Morgan fingerprint density at radius 1 is 0.358 bits per heavy atom. The Morgan fingerprint density at radius 3 is 1.25 bits per heavy atom. The van der Waals surface area contributed by atoms with Crippen LogP contribution in [0.3, 0.4) is 0 Å². The molecule has 1 saturated carbocycles.